The summed E-state index contributed by atoms with van der Waals surface area (Å²) in [7, 11) is 0. The lowest BCUT2D eigenvalue weighted by molar-refractivity contribution is -0.122. The predicted octanol–water partition coefficient (Wildman–Crippen LogP) is 3.67. The van der Waals surface area contributed by atoms with Gasteiger partial charge < -0.3 is 0 Å². The maximum Gasteiger partial charge on any atom is 0.270 e. The van der Waals surface area contributed by atoms with Gasteiger partial charge >= 0.3 is 0 Å². The van der Waals surface area contributed by atoms with Crippen molar-refractivity contribution < 1.29 is 9.59 Å². The summed E-state index contributed by atoms with van der Waals surface area (Å²) in [5.41, 5.74) is 2.85. The van der Waals surface area contributed by atoms with E-state index in [1.807, 2.05) is 37.3 Å². The fourth-order valence-corrected chi connectivity index (χ4v) is 3.44. The van der Waals surface area contributed by atoms with Crippen molar-refractivity contribution in [3.8, 4) is 5.69 Å². The van der Waals surface area contributed by atoms with Crippen molar-refractivity contribution in [3.05, 3.63) is 82.6 Å². The molecule has 8 heteroatoms. The van der Waals surface area contributed by atoms with E-state index < -0.39 is 11.8 Å². The van der Waals surface area contributed by atoms with Crippen molar-refractivity contribution in [1.82, 2.24) is 15.1 Å². The Morgan fingerprint density at radius 2 is 1.72 bits per heavy atom. The van der Waals surface area contributed by atoms with Crippen LogP contribution < -0.4 is 10.2 Å². The van der Waals surface area contributed by atoms with Gasteiger partial charge in [0.2, 0.25) is 0 Å². The van der Waals surface area contributed by atoms with Gasteiger partial charge in [0.25, 0.3) is 11.8 Å². The standard InChI is InChI=1S/C21H15ClN4O2S/c1-13-14(12-23-26(13)17-5-3-2-4-6-17)11-18-19(27)24-21(29)25(20(18)28)16-9-7-15(22)8-10-16/h2-12H,1H3,(H,24,27,29)/b18-11+. The molecule has 1 aliphatic heterocycles. The van der Waals surface area contributed by atoms with E-state index in [1.54, 1.807) is 35.1 Å². The first-order chi connectivity index (χ1) is 14.0. The van der Waals surface area contributed by atoms with Crippen LogP contribution in [0.25, 0.3) is 11.8 Å². The third kappa shape index (κ3) is 3.57. The average Bonchev–Trinajstić information content (AvgIpc) is 3.07. The first kappa shape index (κ1) is 19.0. The summed E-state index contributed by atoms with van der Waals surface area (Å²) in [4.78, 5) is 26.8. The zero-order valence-electron chi connectivity index (χ0n) is 15.3. The Labute approximate surface area is 177 Å². The highest BCUT2D eigenvalue weighted by Gasteiger charge is 2.34. The second-order valence-corrected chi connectivity index (χ2v) is 7.19. The zero-order valence-corrected chi connectivity index (χ0v) is 16.9. The highest BCUT2D eigenvalue weighted by atomic mass is 35.5. The molecule has 144 valence electrons. The Hall–Kier alpha value is -3.29. The molecule has 0 radical (unpaired) electrons. The summed E-state index contributed by atoms with van der Waals surface area (Å²) in [5, 5.41) is 7.51. The molecule has 0 saturated carbocycles. The molecule has 1 saturated heterocycles. The first-order valence-corrected chi connectivity index (χ1v) is 9.51. The minimum absolute atomic E-state index is 0.0238. The largest absolute Gasteiger partial charge is 0.298 e. The minimum atomic E-state index is -0.544. The second kappa shape index (κ2) is 7.62. The van der Waals surface area contributed by atoms with Crippen LogP contribution in [0.15, 0.2) is 66.4 Å². The second-order valence-electron chi connectivity index (χ2n) is 6.37. The van der Waals surface area contributed by atoms with Crippen LogP contribution in [0.3, 0.4) is 0 Å². The molecule has 1 aliphatic rings. The van der Waals surface area contributed by atoms with Gasteiger partial charge in [0.15, 0.2) is 5.11 Å². The first-order valence-electron chi connectivity index (χ1n) is 8.73. The molecule has 0 unspecified atom stereocenters. The predicted molar refractivity (Wildman–Crippen MR) is 116 cm³/mol. The SMILES string of the molecule is Cc1c(/C=C2\C(=O)NC(=S)N(c3ccc(Cl)cc3)C2=O)cnn1-c1ccccc1. The summed E-state index contributed by atoms with van der Waals surface area (Å²) >= 11 is 11.1. The van der Waals surface area contributed by atoms with Crippen LogP contribution in [0.5, 0.6) is 0 Å². The molecule has 1 N–H and O–H groups in total. The number of para-hydroxylation sites is 1. The van der Waals surface area contributed by atoms with Crippen molar-refractivity contribution in [1.29, 1.82) is 0 Å². The number of carbonyl (C=O) groups excluding carboxylic acids is 2. The number of nitrogens with zero attached hydrogens (tertiary/aromatic N) is 3. The number of carbonyl (C=O) groups is 2. The monoisotopic (exact) mass is 422 g/mol. The third-order valence-corrected chi connectivity index (χ3v) is 5.07. The summed E-state index contributed by atoms with van der Waals surface area (Å²) in [6.45, 7) is 1.87. The molecule has 6 nitrogen and oxygen atoms in total. The lowest BCUT2D eigenvalue weighted by Gasteiger charge is -2.28. The maximum absolute atomic E-state index is 13.1. The number of nitrogens with one attached hydrogen (secondary N) is 1. The van der Waals surface area contributed by atoms with Crippen LogP contribution in [-0.4, -0.2) is 26.7 Å². The van der Waals surface area contributed by atoms with E-state index in [0.29, 0.717) is 16.3 Å². The molecule has 2 aromatic carbocycles. The quantitative estimate of drug-likeness (QED) is 0.397. The van der Waals surface area contributed by atoms with E-state index in [9.17, 15) is 9.59 Å². The topological polar surface area (TPSA) is 67.2 Å². The normalized spacial score (nSPS) is 15.7. The number of rotatable bonds is 3. The van der Waals surface area contributed by atoms with Gasteiger partial charge in [0.1, 0.15) is 5.57 Å². The van der Waals surface area contributed by atoms with Crippen LogP contribution in [0.1, 0.15) is 11.3 Å². The summed E-state index contributed by atoms with van der Waals surface area (Å²) < 4.78 is 1.75. The van der Waals surface area contributed by atoms with Crippen LogP contribution >= 0.6 is 23.8 Å². The number of hydrogen-bond donors (Lipinski definition) is 1. The molecule has 0 atom stereocenters. The summed E-state index contributed by atoms with van der Waals surface area (Å²) in [6, 6.07) is 16.2. The van der Waals surface area contributed by atoms with Gasteiger partial charge in [-0.1, -0.05) is 29.8 Å². The Kier molecular flexibility index (Phi) is 5.00. The molecule has 0 spiro atoms. The average molecular weight is 423 g/mol. The van der Waals surface area contributed by atoms with Crippen LogP contribution in [0.2, 0.25) is 5.02 Å². The van der Waals surface area contributed by atoms with Crippen molar-refractivity contribution >= 4 is 52.5 Å². The number of halogens is 1. The van der Waals surface area contributed by atoms with Gasteiger partial charge in [-0.3, -0.25) is 19.8 Å². The lowest BCUT2D eigenvalue weighted by atomic mass is 10.1. The van der Waals surface area contributed by atoms with Crippen molar-refractivity contribution in [2.75, 3.05) is 4.90 Å². The Morgan fingerprint density at radius 1 is 1.03 bits per heavy atom. The molecule has 1 fully saturated rings. The third-order valence-electron chi connectivity index (χ3n) is 4.53. The molecule has 3 aromatic rings. The number of anilines is 1. The lowest BCUT2D eigenvalue weighted by Crippen LogP contribution is -2.54. The molecular formula is C21H15ClN4O2S. The van der Waals surface area contributed by atoms with Crippen molar-refractivity contribution in [3.63, 3.8) is 0 Å². The van der Waals surface area contributed by atoms with E-state index in [4.69, 9.17) is 23.8 Å². The molecule has 2 heterocycles. The number of amides is 2. The number of benzene rings is 2. The molecule has 29 heavy (non-hydrogen) atoms. The van der Waals surface area contributed by atoms with Crippen LogP contribution in [0, 0.1) is 6.92 Å². The summed E-state index contributed by atoms with van der Waals surface area (Å²) in [6.07, 6.45) is 3.15. The van der Waals surface area contributed by atoms with Gasteiger partial charge in [-0.25, -0.2) is 4.68 Å². The van der Waals surface area contributed by atoms with Gasteiger partial charge in [0, 0.05) is 16.3 Å². The van der Waals surface area contributed by atoms with Crippen LogP contribution in [0.4, 0.5) is 5.69 Å². The van der Waals surface area contributed by atoms with E-state index in [2.05, 4.69) is 10.4 Å². The molecular weight excluding hydrogens is 408 g/mol. The highest BCUT2D eigenvalue weighted by Crippen LogP contribution is 2.24. The van der Waals surface area contributed by atoms with Crippen molar-refractivity contribution in [2.24, 2.45) is 0 Å². The molecule has 0 bridgehead atoms. The van der Waals surface area contributed by atoms with Gasteiger partial charge in [0.05, 0.1) is 17.6 Å². The Morgan fingerprint density at radius 3 is 2.41 bits per heavy atom. The minimum Gasteiger partial charge on any atom is -0.298 e. The van der Waals surface area contributed by atoms with E-state index in [-0.39, 0.29) is 10.7 Å². The number of thiocarbonyl (C=S) groups is 1. The molecule has 4 rings (SSSR count). The van der Waals surface area contributed by atoms with Crippen LogP contribution in [-0.2, 0) is 9.59 Å². The highest BCUT2D eigenvalue weighted by molar-refractivity contribution is 7.80. The fraction of sp³-hybridized carbons (Fsp3) is 0.0476. The summed E-state index contributed by atoms with van der Waals surface area (Å²) in [5.74, 6) is -1.05. The molecule has 1 aromatic heterocycles. The number of hydrogen-bond acceptors (Lipinski definition) is 4. The number of aromatic nitrogens is 2. The van der Waals surface area contributed by atoms with E-state index in [1.165, 1.54) is 11.0 Å². The van der Waals surface area contributed by atoms with Gasteiger partial charge in [-0.15, -0.1) is 0 Å². The van der Waals surface area contributed by atoms with E-state index >= 15 is 0 Å². The van der Waals surface area contributed by atoms with Gasteiger partial charge in [-0.2, -0.15) is 5.10 Å². The Bertz CT molecular complexity index is 1150. The van der Waals surface area contributed by atoms with E-state index in [0.717, 1.165) is 11.4 Å². The maximum atomic E-state index is 13.1. The fourth-order valence-electron chi connectivity index (χ4n) is 3.03. The Balaban J connectivity index is 1.72. The molecule has 2 amide bonds. The zero-order chi connectivity index (χ0) is 20.5. The smallest absolute Gasteiger partial charge is 0.270 e. The van der Waals surface area contributed by atoms with Crippen molar-refractivity contribution in [2.45, 2.75) is 6.92 Å². The molecule has 0 aliphatic carbocycles. The van der Waals surface area contributed by atoms with Gasteiger partial charge in [-0.05, 0) is 61.6 Å².